The fraction of sp³-hybridized carbons (Fsp3) is 0.467. The molecule has 21 heavy (non-hydrogen) atoms. The van der Waals surface area contributed by atoms with Gasteiger partial charge in [-0.3, -0.25) is 14.9 Å². The number of rotatable bonds is 5. The topological polar surface area (TPSA) is 61.4 Å². The van der Waals surface area contributed by atoms with Crippen LogP contribution in [0.3, 0.4) is 0 Å². The molecule has 1 aliphatic rings. The van der Waals surface area contributed by atoms with E-state index in [1.165, 1.54) is 5.56 Å². The van der Waals surface area contributed by atoms with E-state index in [9.17, 15) is 9.59 Å². The maximum atomic E-state index is 11.5. The molecule has 0 spiro atoms. The van der Waals surface area contributed by atoms with Crippen molar-refractivity contribution >= 4 is 33.4 Å². The van der Waals surface area contributed by atoms with Gasteiger partial charge in [-0.2, -0.15) is 0 Å². The summed E-state index contributed by atoms with van der Waals surface area (Å²) in [7, 11) is 0. The minimum absolute atomic E-state index is 0.202. The minimum Gasteiger partial charge on any atom is -0.352 e. The van der Waals surface area contributed by atoms with Gasteiger partial charge in [0.1, 0.15) is 0 Å². The maximum Gasteiger partial charge on any atom is 0.246 e. The monoisotopic (exact) mass is 353 g/mol. The Morgan fingerprint density at radius 1 is 1.33 bits per heavy atom. The van der Waals surface area contributed by atoms with Gasteiger partial charge in [0.25, 0.3) is 0 Å². The van der Waals surface area contributed by atoms with Crippen LogP contribution in [0, 0.1) is 0 Å². The van der Waals surface area contributed by atoms with Crippen molar-refractivity contribution in [2.24, 2.45) is 0 Å². The van der Waals surface area contributed by atoms with Gasteiger partial charge in [0.2, 0.25) is 11.8 Å². The van der Waals surface area contributed by atoms with Crippen molar-refractivity contribution in [3.8, 4) is 0 Å². The van der Waals surface area contributed by atoms with Gasteiger partial charge in [0.05, 0.1) is 18.8 Å². The van der Waals surface area contributed by atoms with Crippen LogP contribution in [-0.2, 0) is 9.59 Å². The molecule has 5 nitrogen and oxygen atoms in total. The molecule has 1 saturated heterocycles. The number of halogens is 1. The number of carbonyl (C=O) groups is 2. The molecule has 1 atom stereocenters. The first-order chi connectivity index (χ1) is 10.0. The van der Waals surface area contributed by atoms with E-state index in [1.54, 1.807) is 4.90 Å². The number of hydrogen-bond donors (Lipinski definition) is 2. The number of piperazine rings is 1. The van der Waals surface area contributed by atoms with Crippen molar-refractivity contribution in [3.05, 3.63) is 28.2 Å². The van der Waals surface area contributed by atoms with Crippen molar-refractivity contribution in [2.75, 3.05) is 24.5 Å². The number of benzene rings is 1. The van der Waals surface area contributed by atoms with E-state index >= 15 is 0 Å². The van der Waals surface area contributed by atoms with Crippen LogP contribution in [-0.4, -0.2) is 31.4 Å². The predicted molar refractivity (Wildman–Crippen MR) is 86.2 cm³/mol. The van der Waals surface area contributed by atoms with E-state index < -0.39 is 0 Å². The van der Waals surface area contributed by atoms with Crippen molar-refractivity contribution in [3.63, 3.8) is 0 Å². The highest BCUT2D eigenvalue weighted by atomic mass is 79.9. The van der Waals surface area contributed by atoms with Crippen LogP contribution in [0.1, 0.15) is 31.9 Å². The Balaban J connectivity index is 2.15. The van der Waals surface area contributed by atoms with Crippen LogP contribution in [0.2, 0.25) is 0 Å². The van der Waals surface area contributed by atoms with Gasteiger partial charge < -0.3 is 10.2 Å². The normalized spacial score (nSPS) is 16.8. The zero-order valence-electron chi connectivity index (χ0n) is 12.3. The third-order valence-corrected chi connectivity index (χ3v) is 4.10. The summed E-state index contributed by atoms with van der Waals surface area (Å²) >= 11 is 3.55. The molecule has 1 heterocycles. The van der Waals surface area contributed by atoms with E-state index in [-0.39, 0.29) is 30.9 Å². The van der Waals surface area contributed by atoms with Gasteiger partial charge in [0, 0.05) is 10.5 Å². The number of hydrogen-bond acceptors (Lipinski definition) is 4. The van der Waals surface area contributed by atoms with Crippen LogP contribution in [0.4, 0.5) is 5.69 Å². The van der Waals surface area contributed by atoms with Crippen LogP contribution < -0.4 is 15.5 Å². The van der Waals surface area contributed by atoms with E-state index in [1.807, 2.05) is 18.2 Å². The summed E-state index contributed by atoms with van der Waals surface area (Å²) < 4.78 is 0.896. The lowest BCUT2D eigenvalue weighted by Gasteiger charge is -2.28. The molecule has 0 aliphatic carbocycles. The van der Waals surface area contributed by atoms with Gasteiger partial charge in [0.15, 0.2) is 0 Å². The highest BCUT2D eigenvalue weighted by molar-refractivity contribution is 9.10. The van der Waals surface area contributed by atoms with Gasteiger partial charge in [-0.25, -0.2) is 0 Å². The number of amides is 2. The Labute approximate surface area is 133 Å². The Kier molecular flexibility index (Phi) is 5.36. The molecule has 2 rings (SSSR count). The first kappa shape index (κ1) is 16.0. The molecule has 1 aromatic carbocycles. The number of carbonyl (C=O) groups excluding carboxylic acids is 2. The second kappa shape index (κ2) is 7.04. The molecule has 0 aromatic heterocycles. The lowest BCUT2D eigenvalue weighted by Crippen LogP contribution is -2.51. The van der Waals surface area contributed by atoms with Crippen LogP contribution >= 0.6 is 15.9 Å². The molecule has 0 bridgehead atoms. The van der Waals surface area contributed by atoms with Crippen molar-refractivity contribution in [1.29, 1.82) is 0 Å². The third-order valence-electron chi connectivity index (χ3n) is 3.46. The summed E-state index contributed by atoms with van der Waals surface area (Å²) in [4.78, 5) is 24.7. The first-order valence-electron chi connectivity index (χ1n) is 7.11. The van der Waals surface area contributed by atoms with Crippen molar-refractivity contribution < 1.29 is 9.59 Å². The van der Waals surface area contributed by atoms with Gasteiger partial charge in [-0.1, -0.05) is 13.0 Å². The largest absolute Gasteiger partial charge is 0.352 e. The van der Waals surface area contributed by atoms with E-state index in [4.69, 9.17) is 0 Å². The van der Waals surface area contributed by atoms with Crippen LogP contribution in [0.15, 0.2) is 22.7 Å². The zero-order chi connectivity index (χ0) is 15.4. The molecule has 0 saturated carbocycles. The number of nitrogens with one attached hydrogen (secondary N) is 2. The quantitative estimate of drug-likeness (QED) is 0.794. The molecule has 2 amide bonds. The Morgan fingerprint density at radius 2 is 2.00 bits per heavy atom. The summed E-state index contributed by atoms with van der Waals surface area (Å²) in [6.45, 7) is 5.63. The smallest absolute Gasteiger partial charge is 0.246 e. The number of imide groups is 1. The number of anilines is 1. The zero-order valence-corrected chi connectivity index (χ0v) is 13.9. The second-order valence-electron chi connectivity index (χ2n) is 5.21. The first-order valence-corrected chi connectivity index (χ1v) is 7.91. The van der Waals surface area contributed by atoms with Gasteiger partial charge >= 0.3 is 0 Å². The predicted octanol–water partition coefficient (Wildman–Crippen LogP) is 1.97. The Hall–Kier alpha value is -1.40. The van der Waals surface area contributed by atoms with Crippen LogP contribution in [0.25, 0.3) is 0 Å². The Morgan fingerprint density at radius 3 is 2.57 bits per heavy atom. The molecule has 1 unspecified atom stereocenters. The highest BCUT2D eigenvalue weighted by Crippen LogP contribution is 2.29. The molecule has 1 fully saturated rings. The van der Waals surface area contributed by atoms with E-state index in [0.717, 1.165) is 23.1 Å². The summed E-state index contributed by atoms with van der Waals surface area (Å²) in [5.41, 5.74) is 2.04. The molecule has 1 aromatic rings. The molecule has 114 valence electrons. The van der Waals surface area contributed by atoms with E-state index in [0.29, 0.717) is 0 Å². The van der Waals surface area contributed by atoms with Crippen molar-refractivity contribution in [2.45, 2.75) is 26.3 Å². The SMILES string of the molecule is CCCNC(C)c1ccc(N2CC(=O)NC(=O)C2)c(Br)c1. The molecule has 0 radical (unpaired) electrons. The van der Waals surface area contributed by atoms with E-state index in [2.05, 4.69) is 40.4 Å². The Bertz CT molecular complexity index is 532. The molecule has 6 heteroatoms. The fourth-order valence-corrected chi connectivity index (χ4v) is 2.98. The fourth-order valence-electron chi connectivity index (χ4n) is 2.34. The second-order valence-corrected chi connectivity index (χ2v) is 6.07. The molecular formula is C15H20BrN3O2. The lowest BCUT2D eigenvalue weighted by atomic mass is 10.1. The van der Waals surface area contributed by atoms with Crippen LogP contribution in [0.5, 0.6) is 0 Å². The van der Waals surface area contributed by atoms with Gasteiger partial charge in [-0.05, 0) is 53.5 Å². The number of nitrogens with zero attached hydrogens (tertiary/aromatic N) is 1. The summed E-state index contributed by atoms with van der Waals surface area (Å²) in [6.07, 6.45) is 1.09. The standard InChI is InChI=1S/C15H20BrN3O2/c1-3-6-17-10(2)11-4-5-13(12(16)7-11)19-8-14(20)18-15(21)9-19/h4-5,7,10,17H,3,6,8-9H2,1-2H3,(H,18,20,21). The maximum absolute atomic E-state index is 11.5. The average molecular weight is 354 g/mol. The minimum atomic E-state index is -0.264. The molecule has 1 aliphatic heterocycles. The summed E-state index contributed by atoms with van der Waals surface area (Å²) in [5, 5.41) is 5.74. The molecular weight excluding hydrogens is 334 g/mol. The lowest BCUT2D eigenvalue weighted by molar-refractivity contribution is -0.130. The summed E-state index contributed by atoms with van der Waals surface area (Å²) in [6, 6.07) is 6.29. The third kappa shape index (κ3) is 4.04. The van der Waals surface area contributed by atoms with Gasteiger partial charge in [-0.15, -0.1) is 0 Å². The molecule has 2 N–H and O–H groups in total. The summed E-state index contributed by atoms with van der Waals surface area (Å²) in [5.74, 6) is -0.527. The van der Waals surface area contributed by atoms with Crippen molar-refractivity contribution in [1.82, 2.24) is 10.6 Å². The average Bonchev–Trinajstić information content (AvgIpc) is 2.43. The highest BCUT2D eigenvalue weighted by Gasteiger charge is 2.24.